The van der Waals surface area contributed by atoms with Gasteiger partial charge in [0, 0.05) is 10.0 Å². The summed E-state index contributed by atoms with van der Waals surface area (Å²) in [4.78, 5) is 2.57. The number of rotatable bonds is 4. The SMILES string of the molecule is CCC1CCN(C(c2cccc(Cl)c2)c2cccc(Cl)c2)CC1. The monoisotopic (exact) mass is 347 g/mol. The fourth-order valence-electron chi connectivity index (χ4n) is 3.59. The lowest BCUT2D eigenvalue weighted by Gasteiger charge is -2.38. The highest BCUT2D eigenvalue weighted by molar-refractivity contribution is 6.31. The molecule has 122 valence electrons. The van der Waals surface area contributed by atoms with Crippen LogP contribution in [0, 0.1) is 5.92 Å². The summed E-state index contributed by atoms with van der Waals surface area (Å²) >= 11 is 12.5. The van der Waals surface area contributed by atoms with E-state index in [4.69, 9.17) is 23.2 Å². The number of nitrogens with zero attached hydrogens (tertiary/aromatic N) is 1. The highest BCUT2D eigenvalue weighted by Crippen LogP contribution is 2.34. The predicted molar refractivity (Wildman–Crippen MR) is 99.3 cm³/mol. The largest absolute Gasteiger partial charge is 0.292 e. The maximum absolute atomic E-state index is 6.25. The van der Waals surface area contributed by atoms with Gasteiger partial charge in [-0.25, -0.2) is 0 Å². The molecule has 2 aromatic carbocycles. The molecule has 0 aromatic heterocycles. The van der Waals surface area contributed by atoms with Crippen molar-refractivity contribution in [1.29, 1.82) is 0 Å². The molecule has 0 aliphatic carbocycles. The smallest absolute Gasteiger partial charge is 0.0602 e. The van der Waals surface area contributed by atoms with Crippen LogP contribution in [-0.4, -0.2) is 18.0 Å². The summed E-state index contributed by atoms with van der Waals surface area (Å²) < 4.78 is 0. The Morgan fingerprint density at radius 1 is 0.957 bits per heavy atom. The van der Waals surface area contributed by atoms with E-state index in [0.717, 1.165) is 29.1 Å². The Labute approximate surface area is 149 Å². The van der Waals surface area contributed by atoms with Gasteiger partial charge in [-0.15, -0.1) is 0 Å². The Morgan fingerprint density at radius 2 is 1.48 bits per heavy atom. The van der Waals surface area contributed by atoms with Crippen LogP contribution in [0.25, 0.3) is 0 Å². The van der Waals surface area contributed by atoms with Crippen LogP contribution < -0.4 is 0 Å². The lowest BCUT2D eigenvalue weighted by Crippen LogP contribution is -2.37. The normalized spacial score (nSPS) is 16.9. The third-order valence-electron chi connectivity index (χ3n) is 4.92. The Balaban J connectivity index is 1.94. The average molecular weight is 348 g/mol. The molecule has 0 N–H and O–H groups in total. The van der Waals surface area contributed by atoms with Crippen molar-refractivity contribution in [3.05, 3.63) is 69.7 Å². The minimum atomic E-state index is 0.227. The minimum absolute atomic E-state index is 0.227. The van der Waals surface area contributed by atoms with Gasteiger partial charge >= 0.3 is 0 Å². The fourth-order valence-corrected chi connectivity index (χ4v) is 3.98. The van der Waals surface area contributed by atoms with E-state index < -0.39 is 0 Å². The molecular formula is C20H23Cl2N. The number of benzene rings is 2. The molecule has 2 aromatic rings. The zero-order valence-electron chi connectivity index (χ0n) is 13.5. The van der Waals surface area contributed by atoms with Gasteiger partial charge in [0.05, 0.1) is 6.04 Å². The van der Waals surface area contributed by atoms with E-state index in [1.54, 1.807) is 0 Å². The molecule has 23 heavy (non-hydrogen) atoms. The van der Waals surface area contributed by atoms with Crippen molar-refractivity contribution < 1.29 is 0 Å². The molecule has 0 amide bonds. The molecule has 0 saturated carbocycles. The third-order valence-corrected chi connectivity index (χ3v) is 5.39. The van der Waals surface area contributed by atoms with Gasteiger partial charge in [0.1, 0.15) is 0 Å². The number of hydrogen-bond donors (Lipinski definition) is 0. The van der Waals surface area contributed by atoms with Crippen LogP contribution in [0.15, 0.2) is 48.5 Å². The molecule has 1 saturated heterocycles. The van der Waals surface area contributed by atoms with Crippen molar-refractivity contribution in [2.75, 3.05) is 13.1 Å². The lowest BCUT2D eigenvalue weighted by molar-refractivity contribution is 0.149. The standard InChI is InChI=1S/C20H23Cl2N/c1-2-15-9-11-23(12-10-15)20(16-5-3-7-18(21)13-16)17-6-4-8-19(22)14-17/h3-8,13-15,20H,2,9-12H2,1H3. The first kappa shape index (κ1) is 16.8. The zero-order chi connectivity index (χ0) is 16.2. The van der Waals surface area contributed by atoms with Crippen molar-refractivity contribution in [3.63, 3.8) is 0 Å². The molecule has 1 aliphatic rings. The van der Waals surface area contributed by atoms with E-state index in [1.165, 1.54) is 30.4 Å². The first-order valence-corrected chi connectivity index (χ1v) is 9.18. The van der Waals surface area contributed by atoms with Crippen molar-refractivity contribution in [2.24, 2.45) is 5.92 Å². The number of likely N-dealkylation sites (tertiary alicyclic amines) is 1. The predicted octanol–water partition coefficient (Wildman–Crippen LogP) is 6.20. The molecule has 0 bridgehead atoms. The molecule has 1 nitrogen and oxygen atoms in total. The number of hydrogen-bond acceptors (Lipinski definition) is 1. The first-order chi connectivity index (χ1) is 11.2. The maximum Gasteiger partial charge on any atom is 0.0602 e. The lowest BCUT2D eigenvalue weighted by atomic mass is 9.90. The Bertz CT molecular complexity index is 602. The molecule has 3 rings (SSSR count). The van der Waals surface area contributed by atoms with Crippen LogP contribution in [0.2, 0.25) is 10.0 Å². The molecule has 0 atom stereocenters. The topological polar surface area (TPSA) is 3.24 Å². The van der Waals surface area contributed by atoms with Gasteiger partial charge in [-0.3, -0.25) is 4.90 Å². The molecule has 0 radical (unpaired) electrons. The van der Waals surface area contributed by atoms with Crippen LogP contribution >= 0.6 is 23.2 Å². The second-order valence-corrected chi connectivity index (χ2v) is 7.27. The van der Waals surface area contributed by atoms with E-state index in [1.807, 2.05) is 24.3 Å². The minimum Gasteiger partial charge on any atom is -0.292 e. The average Bonchev–Trinajstić information content (AvgIpc) is 2.56. The highest BCUT2D eigenvalue weighted by Gasteiger charge is 2.27. The molecule has 3 heteroatoms. The van der Waals surface area contributed by atoms with E-state index in [0.29, 0.717) is 0 Å². The van der Waals surface area contributed by atoms with Crippen molar-refractivity contribution in [2.45, 2.75) is 32.2 Å². The first-order valence-electron chi connectivity index (χ1n) is 8.42. The van der Waals surface area contributed by atoms with Crippen LogP contribution in [0.1, 0.15) is 43.4 Å². The summed E-state index contributed by atoms with van der Waals surface area (Å²) in [7, 11) is 0. The van der Waals surface area contributed by atoms with Crippen LogP contribution in [0.3, 0.4) is 0 Å². The fraction of sp³-hybridized carbons (Fsp3) is 0.400. The van der Waals surface area contributed by atoms with Crippen molar-refractivity contribution in [1.82, 2.24) is 4.90 Å². The van der Waals surface area contributed by atoms with Gasteiger partial charge in [-0.05, 0) is 67.2 Å². The summed E-state index contributed by atoms with van der Waals surface area (Å²) in [6.07, 6.45) is 3.83. The van der Waals surface area contributed by atoms with Gasteiger partial charge in [0.15, 0.2) is 0 Å². The zero-order valence-corrected chi connectivity index (χ0v) is 15.0. The van der Waals surface area contributed by atoms with Gasteiger partial charge in [0.2, 0.25) is 0 Å². The molecular weight excluding hydrogens is 325 g/mol. The van der Waals surface area contributed by atoms with E-state index >= 15 is 0 Å². The molecule has 1 aliphatic heterocycles. The number of piperidine rings is 1. The second-order valence-electron chi connectivity index (χ2n) is 6.40. The molecule has 0 unspecified atom stereocenters. The van der Waals surface area contributed by atoms with E-state index in [9.17, 15) is 0 Å². The van der Waals surface area contributed by atoms with Crippen LogP contribution in [0.5, 0.6) is 0 Å². The van der Waals surface area contributed by atoms with E-state index in [2.05, 4.69) is 36.1 Å². The summed E-state index contributed by atoms with van der Waals surface area (Å²) in [5.41, 5.74) is 2.49. The molecule has 1 heterocycles. The Morgan fingerprint density at radius 3 is 1.91 bits per heavy atom. The van der Waals surface area contributed by atoms with Crippen LogP contribution in [0.4, 0.5) is 0 Å². The maximum atomic E-state index is 6.25. The third kappa shape index (κ3) is 4.09. The van der Waals surface area contributed by atoms with E-state index in [-0.39, 0.29) is 6.04 Å². The summed E-state index contributed by atoms with van der Waals surface area (Å²) in [6, 6.07) is 16.7. The summed E-state index contributed by atoms with van der Waals surface area (Å²) in [5, 5.41) is 1.58. The van der Waals surface area contributed by atoms with Crippen molar-refractivity contribution >= 4 is 23.2 Å². The molecule has 0 spiro atoms. The van der Waals surface area contributed by atoms with Crippen LogP contribution in [-0.2, 0) is 0 Å². The van der Waals surface area contributed by atoms with Gasteiger partial charge in [-0.1, -0.05) is 60.8 Å². The van der Waals surface area contributed by atoms with Gasteiger partial charge < -0.3 is 0 Å². The Kier molecular flexibility index (Phi) is 5.63. The molecule has 1 fully saturated rings. The van der Waals surface area contributed by atoms with Gasteiger partial charge in [-0.2, -0.15) is 0 Å². The summed E-state index contributed by atoms with van der Waals surface area (Å²) in [5.74, 6) is 0.866. The second kappa shape index (κ2) is 7.70. The quantitative estimate of drug-likeness (QED) is 0.635. The van der Waals surface area contributed by atoms with Gasteiger partial charge in [0.25, 0.3) is 0 Å². The van der Waals surface area contributed by atoms with Crippen molar-refractivity contribution in [3.8, 4) is 0 Å². The number of halogens is 2. The highest BCUT2D eigenvalue weighted by atomic mass is 35.5. The summed E-state index contributed by atoms with van der Waals surface area (Å²) in [6.45, 7) is 4.55. The Hall–Kier alpha value is -1.02.